The van der Waals surface area contributed by atoms with Crippen LogP contribution >= 0.6 is 0 Å². The number of aromatic nitrogens is 2. The van der Waals surface area contributed by atoms with Crippen LogP contribution in [-0.2, 0) is 0 Å². The summed E-state index contributed by atoms with van der Waals surface area (Å²) in [6.07, 6.45) is 4.83. The van der Waals surface area contributed by atoms with Gasteiger partial charge in [0.15, 0.2) is 0 Å². The third-order valence-corrected chi connectivity index (χ3v) is 4.10. The first kappa shape index (κ1) is 15.7. The third-order valence-electron chi connectivity index (χ3n) is 4.10. The molecular weight excluding hydrogens is 328 g/mol. The molecule has 1 aromatic carbocycles. The monoisotopic (exact) mass is 342 g/mol. The number of nitrogens with one attached hydrogen (secondary N) is 2. The lowest BCUT2D eigenvalue weighted by atomic mass is 10.1. The van der Waals surface area contributed by atoms with Gasteiger partial charge in [0.25, 0.3) is 5.91 Å². The normalized spacial score (nSPS) is 11.8. The Morgan fingerprint density at radius 3 is 2.73 bits per heavy atom. The van der Waals surface area contributed by atoms with Crippen molar-refractivity contribution < 1.29 is 9.21 Å². The maximum Gasteiger partial charge on any atom is 0.268 e. The summed E-state index contributed by atoms with van der Waals surface area (Å²) in [6.45, 7) is 0. The summed E-state index contributed by atoms with van der Waals surface area (Å²) in [5.41, 5.74) is 2.32. The Morgan fingerprint density at radius 1 is 1.19 bits per heavy atom. The van der Waals surface area contributed by atoms with Gasteiger partial charge in [0.2, 0.25) is 0 Å². The Balaban J connectivity index is 1.71. The number of fused-ring (bicyclic) bond motifs is 1. The smallest absolute Gasteiger partial charge is 0.268 e. The molecule has 3 aromatic heterocycles. The quantitative estimate of drug-likeness (QED) is 0.593. The largest absolute Gasteiger partial charge is 0.459 e. The lowest BCUT2D eigenvalue weighted by molar-refractivity contribution is 0.0935. The van der Waals surface area contributed by atoms with E-state index in [1.165, 1.54) is 12.3 Å². The van der Waals surface area contributed by atoms with Gasteiger partial charge in [-0.3, -0.25) is 9.78 Å². The van der Waals surface area contributed by atoms with E-state index in [0.717, 1.165) is 16.5 Å². The zero-order valence-electron chi connectivity index (χ0n) is 13.6. The highest BCUT2D eigenvalue weighted by molar-refractivity contribution is 5.93. The molecule has 0 aliphatic heterocycles. The Bertz CT molecular complexity index is 1070. The Morgan fingerprint density at radius 2 is 2.00 bits per heavy atom. The van der Waals surface area contributed by atoms with Crippen molar-refractivity contribution in [2.24, 2.45) is 0 Å². The van der Waals surface area contributed by atoms with Gasteiger partial charge in [0.05, 0.1) is 5.56 Å². The number of carbonyl (C=O) groups excluding carboxylic acids is 1. The summed E-state index contributed by atoms with van der Waals surface area (Å²) >= 11 is 0. The second-order valence-electron chi connectivity index (χ2n) is 5.79. The standard InChI is InChI=1S/C20H14N4O2/c21-11-13-9-16(23-12-13)20(25)24-19(14-5-7-22-8-6-14)18-10-15-3-1-2-4-17(15)26-18/h1-10,12,19,23H,(H,24,25)/t19-/m1/s1. The molecule has 0 spiro atoms. The van der Waals surface area contributed by atoms with E-state index in [1.807, 2.05) is 48.5 Å². The minimum absolute atomic E-state index is 0.316. The third kappa shape index (κ3) is 2.94. The molecule has 1 amide bonds. The minimum atomic E-state index is -0.480. The SMILES string of the molecule is N#Cc1c[nH]c(C(=O)N[C@H](c2ccncc2)c2cc3ccccc3o2)c1. The van der Waals surface area contributed by atoms with Crippen LogP contribution < -0.4 is 5.32 Å². The fraction of sp³-hybridized carbons (Fsp3) is 0.0500. The van der Waals surface area contributed by atoms with Gasteiger partial charge in [-0.2, -0.15) is 5.26 Å². The molecule has 0 aliphatic rings. The van der Waals surface area contributed by atoms with Crippen molar-refractivity contribution in [3.63, 3.8) is 0 Å². The van der Waals surface area contributed by atoms with Gasteiger partial charge in [-0.25, -0.2) is 0 Å². The highest BCUT2D eigenvalue weighted by Crippen LogP contribution is 2.28. The maximum absolute atomic E-state index is 12.6. The molecule has 0 saturated carbocycles. The van der Waals surface area contributed by atoms with Crippen LogP contribution in [0.2, 0.25) is 0 Å². The van der Waals surface area contributed by atoms with Crippen LogP contribution in [0.3, 0.4) is 0 Å². The fourth-order valence-corrected chi connectivity index (χ4v) is 2.82. The van der Waals surface area contributed by atoms with E-state index >= 15 is 0 Å². The van der Waals surface area contributed by atoms with E-state index in [4.69, 9.17) is 9.68 Å². The van der Waals surface area contributed by atoms with Crippen molar-refractivity contribution in [3.8, 4) is 6.07 Å². The highest BCUT2D eigenvalue weighted by atomic mass is 16.3. The molecule has 6 heteroatoms. The molecule has 0 aliphatic carbocycles. The zero-order valence-corrected chi connectivity index (χ0v) is 13.6. The molecule has 2 N–H and O–H groups in total. The molecule has 0 unspecified atom stereocenters. The summed E-state index contributed by atoms with van der Waals surface area (Å²) in [4.78, 5) is 19.5. The van der Waals surface area contributed by atoms with E-state index in [9.17, 15) is 4.79 Å². The summed E-state index contributed by atoms with van der Waals surface area (Å²) in [6, 6.07) is 16.3. The summed E-state index contributed by atoms with van der Waals surface area (Å²) in [5.74, 6) is 0.298. The van der Waals surface area contributed by atoms with Crippen LogP contribution in [0.5, 0.6) is 0 Å². The van der Waals surface area contributed by atoms with E-state index < -0.39 is 6.04 Å². The van der Waals surface area contributed by atoms with Crippen LogP contribution in [-0.4, -0.2) is 15.9 Å². The Hall–Kier alpha value is -3.85. The van der Waals surface area contributed by atoms with Gasteiger partial charge in [-0.05, 0) is 35.9 Å². The number of benzene rings is 1. The number of aromatic amines is 1. The molecule has 0 saturated heterocycles. The van der Waals surface area contributed by atoms with Crippen LogP contribution in [0.15, 0.2) is 71.5 Å². The zero-order chi connectivity index (χ0) is 17.9. The number of nitrogens with zero attached hydrogens (tertiary/aromatic N) is 2. The first-order chi connectivity index (χ1) is 12.7. The van der Waals surface area contributed by atoms with Crippen LogP contribution in [0.25, 0.3) is 11.0 Å². The molecule has 0 radical (unpaired) electrons. The van der Waals surface area contributed by atoms with Crippen molar-refractivity contribution in [1.82, 2.24) is 15.3 Å². The number of hydrogen-bond donors (Lipinski definition) is 2. The number of rotatable bonds is 4. The molecule has 4 aromatic rings. The number of nitriles is 1. The van der Waals surface area contributed by atoms with E-state index in [2.05, 4.69) is 15.3 Å². The second-order valence-corrected chi connectivity index (χ2v) is 5.79. The van der Waals surface area contributed by atoms with Gasteiger partial charge in [-0.1, -0.05) is 18.2 Å². The molecular formula is C20H14N4O2. The van der Waals surface area contributed by atoms with Crippen molar-refractivity contribution in [2.45, 2.75) is 6.04 Å². The Kier molecular flexibility index (Phi) is 3.96. The van der Waals surface area contributed by atoms with Gasteiger partial charge >= 0.3 is 0 Å². The lowest BCUT2D eigenvalue weighted by Gasteiger charge is -2.16. The van der Waals surface area contributed by atoms with Crippen molar-refractivity contribution in [3.05, 3.63) is 89.7 Å². The number of furan rings is 1. The maximum atomic E-state index is 12.6. The molecule has 4 rings (SSSR count). The van der Waals surface area contributed by atoms with Crippen molar-refractivity contribution >= 4 is 16.9 Å². The van der Waals surface area contributed by atoms with E-state index in [0.29, 0.717) is 17.0 Å². The summed E-state index contributed by atoms with van der Waals surface area (Å²) in [7, 11) is 0. The first-order valence-corrected chi connectivity index (χ1v) is 8.02. The number of H-pyrrole nitrogens is 1. The van der Waals surface area contributed by atoms with Gasteiger partial charge in [0, 0.05) is 24.0 Å². The van der Waals surface area contributed by atoms with Crippen LogP contribution in [0.4, 0.5) is 0 Å². The topological polar surface area (TPSA) is 94.7 Å². The van der Waals surface area contributed by atoms with Crippen LogP contribution in [0.1, 0.15) is 33.4 Å². The molecule has 126 valence electrons. The predicted octanol–water partition coefficient (Wildman–Crippen LogP) is 3.55. The summed E-state index contributed by atoms with van der Waals surface area (Å²) in [5, 5.41) is 12.9. The van der Waals surface area contributed by atoms with Crippen molar-refractivity contribution in [1.29, 1.82) is 5.26 Å². The fourth-order valence-electron chi connectivity index (χ4n) is 2.82. The minimum Gasteiger partial charge on any atom is -0.459 e. The average Bonchev–Trinajstić information content (AvgIpc) is 3.33. The molecule has 3 heterocycles. The molecule has 26 heavy (non-hydrogen) atoms. The number of hydrogen-bond acceptors (Lipinski definition) is 4. The van der Waals surface area contributed by atoms with Crippen molar-refractivity contribution in [2.75, 3.05) is 0 Å². The molecule has 6 nitrogen and oxygen atoms in total. The lowest BCUT2D eigenvalue weighted by Crippen LogP contribution is -2.29. The number of pyridine rings is 1. The number of amides is 1. The van der Waals surface area contributed by atoms with Crippen LogP contribution in [0, 0.1) is 11.3 Å². The average molecular weight is 342 g/mol. The first-order valence-electron chi connectivity index (χ1n) is 8.02. The molecule has 0 fully saturated rings. The molecule has 1 atom stereocenters. The van der Waals surface area contributed by atoms with Gasteiger partial charge in [-0.15, -0.1) is 0 Å². The Labute approximate surface area is 149 Å². The van der Waals surface area contributed by atoms with E-state index in [-0.39, 0.29) is 5.91 Å². The van der Waals surface area contributed by atoms with Gasteiger partial charge in [0.1, 0.15) is 29.1 Å². The highest BCUT2D eigenvalue weighted by Gasteiger charge is 2.22. The predicted molar refractivity (Wildman–Crippen MR) is 95.3 cm³/mol. The molecule has 0 bridgehead atoms. The van der Waals surface area contributed by atoms with E-state index in [1.54, 1.807) is 12.4 Å². The number of carbonyl (C=O) groups is 1. The number of para-hydroxylation sites is 1. The second kappa shape index (κ2) is 6.57. The summed E-state index contributed by atoms with van der Waals surface area (Å²) < 4.78 is 5.95. The van der Waals surface area contributed by atoms with Gasteiger partial charge < -0.3 is 14.7 Å².